The maximum Gasteiger partial charge on any atom is 0.181 e. The van der Waals surface area contributed by atoms with Crippen molar-refractivity contribution in [2.45, 2.75) is 29.5 Å². The number of benzene rings is 1. The predicted molar refractivity (Wildman–Crippen MR) is 59.6 cm³/mol. The molecule has 0 atom stereocenters. The third-order valence-electron chi connectivity index (χ3n) is 2.51. The fourth-order valence-corrected chi connectivity index (χ4v) is 3.62. The molecule has 0 heterocycles. The van der Waals surface area contributed by atoms with E-state index in [0.717, 1.165) is 12.8 Å². The summed E-state index contributed by atoms with van der Waals surface area (Å²) in [5, 5.41) is 0.314. The molecule has 2 N–H and O–H groups in total. The zero-order valence-corrected chi connectivity index (χ0v) is 9.68. The molecule has 3 nitrogen and oxygen atoms in total. The normalized spacial score (nSPS) is 16.7. The van der Waals surface area contributed by atoms with Crippen LogP contribution in [-0.2, 0) is 16.4 Å². The van der Waals surface area contributed by atoms with Crippen molar-refractivity contribution in [1.82, 2.24) is 0 Å². The molecular weight excluding hydrogens is 234 g/mol. The molecule has 0 unspecified atom stereocenters. The number of hydrogen-bond donors (Lipinski definition) is 1. The lowest BCUT2D eigenvalue weighted by atomic mass is 10.2. The third kappa shape index (κ3) is 2.02. The Morgan fingerprint density at radius 1 is 1.40 bits per heavy atom. The van der Waals surface area contributed by atoms with Gasteiger partial charge in [0.1, 0.15) is 0 Å². The Bertz CT molecular complexity index is 480. The first kappa shape index (κ1) is 10.9. The Kier molecular flexibility index (Phi) is 2.75. The summed E-state index contributed by atoms with van der Waals surface area (Å²) in [6.07, 6.45) is 1.52. The topological polar surface area (TPSA) is 60.2 Å². The lowest BCUT2D eigenvalue weighted by molar-refractivity contribution is 0.593. The van der Waals surface area contributed by atoms with Gasteiger partial charge in [-0.1, -0.05) is 11.6 Å². The summed E-state index contributed by atoms with van der Waals surface area (Å²) < 4.78 is 24.0. The van der Waals surface area contributed by atoms with Crippen molar-refractivity contribution in [3.63, 3.8) is 0 Å². The fourth-order valence-electron chi connectivity index (χ4n) is 1.54. The zero-order valence-electron chi connectivity index (χ0n) is 8.11. The first-order valence-corrected chi connectivity index (χ1v) is 6.70. The second-order valence-corrected chi connectivity index (χ2v) is 6.33. The van der Waals surface area contributed by atoms with E-state index in [9.17, 15) is 8.42 Å². The van der Waals surface area contributed by atoms with Crippen LogP contribution in [-0.4, -0.2) is 13.7 Å². The van der Waals surface area contributed by atoms with Gasteiger partial charge in [-0.3, -0.25) is 0 Å². The van der Waals surface area contributed by atoms with Crippen molar-refractivity contribution in [1.29, 1.82) is 0 Å². The van der Waals surface area contributed by atoms with Crippen LogP contribution in [0.15, 0.2) is 23.1 Å². The largest absolute Gasteiger partial charge is 0.326 e. The molecule has 0 aliphatic heterocycles. The van der Waals surface area contributed by atoms with E-state index in [-0.39, 0.29) is 11.8 Å². The van der Waals surface area contributed by atoms with Gasteiger partial charge in [0.05, 0.1) is 10.1 Å². The van der Waals surface area contributed by atoms with E-state index >= 15 is 0 Å². The fraction of sp³-hybridized carbons (Fsp3) is 0.400. The summed E-state index contributed by atoms with van der Waals surface area (Å²) in [4.78, 5) is 0.344. The Morgan fingerprint density at radius 2 is 2.07 bits per heavy atom. The molecule has 0 radical (unpaired) electrons. The van der Waals surface area contributed by atoms with Crippen LogP contribution >= 0.6 is 11.6 Å². The Labute approximate surface area is 94.2 Å². The first-order valence-electron chi connectivity index (χ1n) is 4.78. The summed E-state index contributed by atoms with van der Waals surface area (Å²) in [7, 11) is -3.16. The Morgan fingerprint density at radius 3 is 2.60 bits per heavy atom. The summed E-state index contributed by atoms with van der Waals surface area (Å²) in [5.74, 6) is 0. The van der Waals surface area contributed by atoms with Gasteiger partial charge in [-0.05, 0) is 36.6 Å². The summed E-state index contributed by atoms with van der Waals surface area (Å²) in [6, 6.07) is 4.77. The summed E-state index contributed by atoms with van der Waals surface area (Å²) in [5.41, 5.74) is 6.12. The van der Waals surface area contributed by atoms with Crippen LogP contribution in [0.4, 0.5) is 0 Å². The molecule has 1 aliphatic carbocycles. The standard InChI is InChI=1S/C10H12ClNO2S/c11-8-1-4-10(7(5-8)6-12)15(13,14)9-2-3-9/h1,4-5,9H,2-3,6,12H2. The average molecular weight is 246 g/mol. The minimum absolute atomic E-state index is 0.196. The first-order chi connectivity index (χ1) is 7.05. The van der Waals surface area contributed by atoms with E-state index in [1.165, 1.54) is 0 Å². The molecule has 0 amide bonds. The lowest BCUT2D eigenvalue weighted by Crippen LogP contribution is -2.12. The van der Waals surface area contributed by atoms with Crippen LogP contribution in [0.1, 0.15) is 18.4 Å². The molecule has 1 aromatic carbocycles. The van der Waals surface area contributed by atoms with Crippen molar-refractivity contribution in [2.24, 2.45) is 5.73 Å². The molecule has 1 aromatic rings. The van der Waals surface area contributed by atoms with Crippen LogP contribution in [0.25, 0.3) is 0 Å². The number of halogens is 1. The minimum Gasteiger partial charge on any atom is -0.326 e. The maximum atomic E-state index is 12.0. The number of nitrogens with two attached hydrogens (primary N) is 1. The van der Waals surface area contributed by atoms with Crippen LogP contribution in [0.2, 0.25) is 5.02 Å². The third-order valence-corrected chi connectivity index (χ3v) is 5.11. The van der Waals surface area contributed by atoms with E-state index in [0.29, 0.717) is 15.5 Å². The zero-order chi connectivity index (χ0) is 11.1. The van der Waals surface area contributed by atoms with Crippen LogP contribution in [0.3, 0.4) is 0 Å². The number of rotatable bonds is 3. The van der Waals surface area contributed by atoms with Gasteiger partial charge in [0, 0.05) is 11.6 Å². The molecule has 0 saturated heterocycles. The molecular formula is C10H12ClNO2S. The van der Waals surface area contributed by atoms with Crippen LogP contribution < -0.4 is 5.73 Å². The van der Waals surface area contributed by atoms with Crippen molar-refractivity contribution in [2.75, 3.05) is 0 Å². The van der Waals surface area contributed by atoms with E-state index in [1.807, 2.05) is 0 Å². The summed E-state index contributed by atoms with van der Waals surface area (Å²) in [6.45, 7) is 0.196. The highest BCUT2D eigenvalue weighted by atomic mass is 35.5. The smallest absolute Gasteiger partial charge is 0.181 e. The van der Waals surface area contributed by atoms with Crippen LogP contribution in [0.5, 0.6) is 0 Å². The van der Waals surface area contributed by atoms with E-state index in [1.54, 1.807) is 18.2 Å². The molecule has 0 bridgehead atoms. The molecule has 5 heteroatoms. The van der Waals surface area contributed by atoms with E-state index < -0.39 is 9.84 Å². The van der Waals surface area contributed by atoms with Crippen molar-refractivity contribution < 1.29 is 8.42 Å². The van der Waals surface area contributed by atoms with Gasteiger partial charge < -0.3 is 5.73 Å². The highest BCUT2D eigenvalue weighted by Crippen LogP contribution is 2.35. The average Bonchev–Trinajstić information content (AvgIpc) is 3.00. The van der Waals surface area contributed by atoms with Gasteiger partial charge in [0.25, 0.3) is 0 Å². The van der Waals surface area contributed by atoms with Crippen molar-refractivity contribution in [3.05, 3.63) is 28.8 Å². The van der Waals surface area contributed by atoms with Gasteiger partial charge in [-0.15, -0.1) is 0 Å². The lowest BCUT2D eigenvalue weighted by Gasteiger charge is -2.08. The Balaban J connectivity index is 2.52. The quantitative estimate of drug-likeness (QED) is 0.882. The number of hydrogen-bond acceptors (Lipinski definition) is 3. The monoisotopic (exact) mass is 245 g/mol. The molecule has 82 valence electrons. The van der Waals surface area contributed by atoms with Crippen molar-refractivity contribution in [3.8, 4) is 0 Å². The number of sulfone groups is 1. The van der Waals surface area contributed by atoms with Crippen LogP contribution in [0, 0.1) is 0 Å². The maximum absolute atomic E-state index is 12.0. The second-order valence-electron chi connectivity index (χ2n) is 3.70. The van der Waals surface area contributed by atoms with Gasteiger partial charge in [-0.25, -0.2) is 8.42 Å². The van der Waals surface area contributed by atoms with Gasteiger partial charge >= 0.3 is 0 Å². The molecule has 1 aliphatic rings. The summed E-state index contributed by atoms with van der Waals surface area (Å²) >= 11 is 5.79. The predicted octanol–water partition coefficient (Wildman–Crippen LogP) is 1.73. The molecule has 0 aromatic heterocycles. The second kappa shape index (κ2) is 3.77. The highest BCUT2D eigenvalue weighted by molar-refractivity contribution is 7.92. The van der Waals surface area contributed by atoms with E-state index in [2.05, 4.69) is 0 Å². The highest BCUT2D eigenvalue weighted by Gasteiger charge is 2.37. The minimum atomic E-state index is -3.16. The Hall–Kier alpha value is -0.580. The van der Waals surface area contributed by atoms with Crippen molar-refractivity contribution >= 4 is 21.4 Å². The molecule has 2 rings (SSSR count). The molecule has 1 fully saturated rings. The van der Waals surface area contributed by atoms with Gasteiger partial charge in [-0.2, -0.15) is 0 Å². The van der Waals surface area contributed by atoms with Gasteiger partial charge in [0.2, 0.25) is 0 Å². The molecule has 1 saturated carbocycles. The molecule has 15 heavy (non-hydrogen) atoms. The van der Waals surface area contributed by atoms with E-state index in [4.69, 9.17) is 17.3 Å². The van der Waals surface area contributed by atoms with Gasteiger partial charge in [0.15, 0.2) is 9.84 Å². The molecule has 0 spiro atoms. The SMILES string of the molecule is NCc1cc(Cl)ccc1S(=O)(=O)C1CC1.